The van der Waals surface area contributed by atoms with E-state index in [4.69, 9.17) is 5.11 Å². The number of phenols is 1. The smallest absolute Gasteiger partial charge is 0.351 e. The molecule has 0 saturated heterocycles. The molecule has 0 radical (unpaired) electrons. The van der Waals surface area contributed by atoms with Crippen molar-refractivity contribution in [3.63, 3.8) is 0 Å². The molecule has 3 rings (SSSR count). The maximum Gasteiger partial charge on any atom is 0.351 e. The van der Waals surface area contributed by atoms with Crippen LogP contribution in [0.5, 0.6) is 5.75 Å². The number of allylic oxidation sites excluding steroid dienone is 4. The van der Waals surface area contributed by atoms with Crippen LogP contribution >= 0.6 is 0 Å². The lowest BCUT2D eigenvalue weighted by Gasteiger charge is -2.27. The predicted octanol–water partition coefficient (Wildman–Crippen LogP) is 2.64. The molecule has 0 spiro atoms. The molecule has 4 nitrogen and oxygen atoms in total. The van der Waals surface area contributed by atoms with Gasteiger partial charge in [-0.1, -0.05) is 25.1 Å². The molecule has 1 aliphatic carbocycles. The Labute approximate surface area is 116 Å². The lowest BCUT2D eigenvalue weighted by molar-refractivity contribution is -0.132. The van der Waals surface area contributed by atoms with E-state index in [9.17, 15) is 9.90 Å². The number of rotatable bonds is 2. The quantitative estimate of drug-likeness (QED) is 0.772. The average Bonchev–Trinajstić information content (AvgIpc) is 2.76. The number of benzene rings is 1. The molecule has 0 amide bonds. The molecule has 1 aliphatic heterocycles. The van der Waals surface area contributed by atoms with Gasteiger partial charge in [0.25, 0.3) is 0 Å². The van der Waals surface area contributed by atoms with Crippen LogP contribution in [0.2, 0.25) is 0 Å². The normalized spacial score (nSPS) is 24.1. The summed E-state index contributed by atoms with van der Waals surface area (Å²) in [7, 11) is 0. The Kier molecular flexibility index (Phi) is 2.67. The van der Waals surface area contributed by atoms with Crippen LogP contribution in [-0.2, 0) is 4.79 Å². The highest BCUT2D eigenvalue weighted by Crippen LogP contribution is 2.43. The van der Waals surface area contributed by atoms with Gasteiger partial charge in [-0.15, -0.1) is 0 Å². The molecular weight excluding hydrogens is 254 g/mol. The van der Waals surface area contributed by atoms with E-state index in [-0.39, 0.29) is 16.9 Å². The first-order chi connectivity index (χ1) is 9.48. The molecule has 0 fully saturated rings. The molecule has 1 unspecified atom stereocenters. The third-order valence-corrected chi connectivity index (χ3v) is 3.82. The van der Waals surface area contributed by atoms with Crippen LogP contribution in [0.3, 0.4) is 0 Å². The summed E-state index contributed by atoms with van der Waals surface area (Å²) in [6.07, 6.45) is 6.59. The molecule has 3 N–H and O–H groups in total. The average molecular weight is 269 g/mol. The number of fused-ring (bicyclic) bond motifs is 1. The van der Waals surface area contributed by atoms with Crippen molar-refractivity contribution >= 4 is 11.5 Å². The van der Waals surface area contributed by atoms with Gasteiger partial charge in [-0.3, -0.25) is 0 Å². The summed E-state index contributed by atoms with van der Waals surface area (Å²) in [6.45, 7) is 2.02. The lowest BCUT2D eigenvalue weighted by atomic mass is 9.79. The second-order valence-corrected chi connectivity index (χ2v) is 5.37. The summed E-state index contributed by atoms with van der Waals surface area (Å²) >= 11 is 0. The van der Waals surface area contributed by atoms with E-state index in [1.54, 1.807) is 18.2 Å². The molecule has 1 aromatic rings. The fraction of sp³-hybridized carbons (Fsp3) is 0.188. The highest BCUT2D eigenvalue weighted by Gasteiger charge is 2.36. The minimum absolute atomic E-state index is 0.233. The van der Waals surface area contributed by atoms with Crippen LogP contribution in [0.1, 0.15) is 18.9 Å². The first kappa shape index (κ1) is 12.5. The Morgan fingerprint density at radius 1 is 1.30 bits per heavy atom. The van der Waals surface area contributed by atoms with Gasteiger partial charge in [-0.05, 0) is 41.8 Å². The van der Waals surface area contributed by atoms with E-state index in [0.29, 0.717) is 0 Å². The van der Waals surface area contributed by atoms with E-state index in [2.05, 4.69) is 11.4 Å². The van der Waals surface area contributed by atoms with Crippen LogP contribution in [0, 0.1) is 5.41 Å². The maximum atomic E-state index is 11.1. The molecule has 2 aliphatic rings. The number of phenolic OH excluding ortho intramolecular Hbond substituents is 1. The molecule has 1 aromatic carbocycles. The molecule has 1 atom stereocenters. The van der Waals surface area contributed by atoms with Crippen LogP contribution in [-0.4, -0.2) is 16.2 Å². The zero-order valence-corrected chi connectivity index (χ0v) is 11.1. The van der Waals surface area contributed by atoms with Gasteiger partial charge in [0, 0.05) is 11.1 Å². The number of hydrogen-bond donors (Lipinski definition) is 3. The standard InChI is InChI=1S/C16H15NO3/c1-16-7-6-11(10-2-4-12(18)5-3-10)8-14(16)17-13(9-16)15(19)20/h2-6,8-9,17-18H,7H2,1H3,(H,19,20). The van der Waals surface area contributed by atoms with E-state index in [1.807, 2.05) is 25.1 Å². The number of hydrogen-bond acceptors (Lipinski definition) is 3. The Balaban J connectivity index is 1.93. The SMILES string of the molecule is CC12C=C(C(=O)O)NC1=CC(c1ccc(O)cc1)=CC2. The Bertz CT molecular complexity index is 667. The monoisotopic (exact) mass is 269 g/mol. The van der Waals surface area contributed by atoms with Crippen molar-refractivity contribution in [1.29, 1.82) is 0 Å². The van der Waals surface area contributed by atoms with E-state index in [0.717, 1.165) is 23.3 Å². The van der Waals surface area contributed by atoms with Gasteiger partial charge in [-0.2, -0.15) is 0 Å². The predicted molar refractivity (Wildman–Crippen MR) is 75.7 cm³/mol. The Hall–Kier alpha value is -2.49. The second-order valence-electron chi connectivity index (χ2n) is 5.37. The Morgan fingerprint density at radius 2 is 2.00 bits per heavy atom. The summed E-state index contributed by atoms with van der Waals surface area (Å²) in [6, 6.07) is 6.99. The molecule has 0 saturated carbocycles. The fourth-order valence-electron chi connectivity index (χ4n) is 2.60. The van der Waals surface area contributed by atoms with Crippen molar-refractivity contribution in [1.82, 2.24) is 5.32 Å². The zero-order chi connectivity index (χ0) is 14.3. The van der Waals surface area contributed by atoms with E-state index in [1.165, 1.54) is 0 Å². The molecule has 0 aromatic heterocycles. The van der Waals surface area contributed by atoms with Gasteiger partial charge in [0.05, 0.1) is 0 Å². The molecule has 20 heavy (non-hydrogen) atoms. The van der Waals surface area contributed by atoms with Crippen molar-refractivity contribution in [3.8, 4) is 5.75 Å². The number of carboxylic acid groups (broad SMARTS) is 1. The van der Waals surface area contributed by atoms with Gasteiger partial charge in [0.1, 0.15) is 11.4 Å². The molecule has 4 heteroatoms. The molecule has 0 bridgehead atoms. The highest BCUT2D eigenvalue weighted by atomic mass is 16.4. The summed E-state index contributed by atoms with van der Waals surface area (Å²) in [5, 5.41) is 21.4. The molecule has 102 valence electrons. The summed E-state index contributed by atoms with van der Waals surface area (Å²) in [5.74, 6) is -0.704. The van der Waals surface area contributed by atoms with Crippen LogP contribution < -0.4 is 5.32 Å². The molecule has 1 heterocycles. The van der Waals surface area contributed by atoms with Gasteiger partial charge in [-0.25, -0.2) is 4.79 Å². The van der Waals surface area contributed by atoms with Crippen molar-refractivity contribution in [2.45, 2.75) is 13.3 Å². The molecular formula is C16H15NO3. The highest BCUT2D eigenvalue weighted by molar-refractivity contribution is 5.88. The number of aliphatic carboxylic acids is 1. The third kappa shape index (κ3) is 1.99. The van der Waals surface area contributed by atoms with Crippen molar-refractivity contribution in [3.05, 3.63) is 59.5 Å². The van der Waals surface area contributed by atoms with Gasteiger partial charge >= 0.3 is 5.97 Å². The van der Waals surface area contributed by atoms with Crippen molar-refractivity contribution < 1.29 is 15.0 Å². The van der Waals surface area contributed by atoms with Crippen LogP contribution in [0.15, 0.2) is 53.9 Å². The van der Waals surface area contributed by atoms with E-state index >= 15 is 0 Å². The topological polar surface area (TPSA) is 69.6 Å². The van der Waals surface area contributed by atoms with Crippen LogP contribution in [0.25, 0.3) is 5.57 Å². The van der Waals surface area contributed by atoms with Gasteiger partial charge < -0.3 is 15.5 Å². The Morgan fingerprint density at radius 3 is 2.65 bits per heavy atom. The summed E-state index contributed by atoms with van der Waals surface area (Å²) < 4.78 is 0. The van der Waals surface area contributed by atoms with Crippen molar-refractivity contribution in [2.24, 2.45) is 5.41 Å². The first-order valence-corrected chi connectivity index (χ1v) is 6.43. The van der Waals surface area contributed by atoms with Gasteiger partial charge in [0.2, 0.25) is 0 Å². The minimum Gasteiger partial charge on any atom is -0.508 e. The number of carbonyl (C=O) groups is 1. The number of aromatic hydroxyl groups is 1. The number of carboxylic acids is 1. The van der Waals surface area contributed by atoms with Crippen LogP contribution in [0.4, 0.5) is 0 Å². The van der Waals surface area contributed by atoms with Crippen molar-refractivity contribution in [2.75, 3.05) is 0 Å². The third-order valence-electron chi connectivity index (χ3n) is 3.82. The maximum absolute atomic E-state index is 11.1. The second kappa shape index (κ2) is 4.27. The summed E-state index contributed by atoms with van der Waals surface area (Å²) in [4.78, 5) is 11.1. The number of nitrogens with one attached hydrogen (secondary N) is 1. The minimum atomic E-state index is -0.937. The van der Waals surface area contributed by atoms with E-state index < -0.39 is 5.97 Å². The largest absolute Gasteiger partial charge is 0.508 e. The zero-order valence-electron chi connectivity index (χ0n) is 11.1. The first-order valence-electron chi connectivity index (χ1n) is 6.43. The lowest BCUT2D eigenvalue weighted by Crippen LogP contribution is -2.22. The van der Waals surface area contributed by atoms with Gasteiger partial charge in [0.15, 0.2) is 0 Å². The fourth-order valence-corrected chi connectivity index (χ4v) is 2.60. The summed E-state index contributed by atoms with van der Waals surface area (Å²) in [5.41, 5.74) is 2.90.